The van der Waals surface area contributed by atoms with Gasteiger partial charge in [0.2, 0.25) is 0 Å². The van der Waals surface area contributed by atoms with Crippen molar-refractivity contribution in [3.05, 3.63) is 35.9 Å². The fraction of sp³-hybridized carbons (Fsp3) is 0.571. The van der Waals surface area contributed by atoms with Crippen molar-refractivity contribution in [2.45, 2.75) is 25.5 Å². The third kappa shape index (κ3) is 3.06. The van der Waals surface area contributed by atoms with E-state index < -0.39 is 0 Å². The SMILES string of the molecule is CCCCOC1(c2ccccc2)CNCCN1. The van der Waals surface area contributed by atoms with Crippen LogP contribution in [0.1, 0.15) is 25.3 Å². The zero-order chi connectivity index (χ0) is 12.0. The second-order valence-corrected chi connectivity index (χ2v) is 4.50. The van der Waals surface area contributed by atoms with Gasteiger partial charge in [0.25, 0.3) is 0 Å². The van der Waals surface area contributed by atoms with Gasteiger partial charge in [0.15, 0.2) is 5.72 Å². The lowest BCUT2D eigenvalue weighted by Gasteiger charge is -2.39. The summed E-state index contributed by atoms with van der Waals surface area (Å²) in [5.41, 5.74) is 0.873. The van der Waals surface area contributed by atoms with Gasteiger partial charge in [0, 0.05) is 26.2 Å². The molecule has 2 N–H and O–H groups in total. The number of ether oxygens (including phenoxy) is 1. The van der Waals surface area contributed by atoms with E-state index in [0.717, 1.165) is 39.1 Å². The van der Waals surface area contributed by atoms with E-state index in [1.54, 1.807) is 0 Å². The Morgan fingerprint density at radius 3 is 2.71 bits per heavy atom. The third-order valence-electron chi connectivity index (χ3n) is 3.17. The average Bonchev–Trinajstić information content (AvgIpc) is 2.41. The molecule has 3 nitrogen and oxygen atoms in total. The van der Waals surface area contributed by atoms with Gasteiger partial charge in [0.1, 0.15) is 0 Å². The zero-order valence-electron chi connectivity index (χ0n) is 10.5. The summed E-state index contributed by atoms with van der Waals surface area (Å²) in [6.45, 7) is 5.78. The average molecular weight is 234 g/mol. The molecule has 1 heterocycles. The number of hydrogen-bond acceptors (Lipinski definition) is 3. The minimum absolute atomic E-state index is 0.339. The molecular weight excluding hydrogens is 212 g/mol. The molecule has 1 aromatic carbocycles. The van der Waals surface area contributed by atoms with Crippen LogP contribution in [0.4, 0.5) is 0 Å². The minimum Gasteiger partial charge on any atom is -0.355 e. The van der Waals surface area contributed by atoms with Crippen LogP contribution in [0.15, 0.2) is 30.3 Å². The van der Waals surface area contributed by atoms with Crippen LogP contribution in [0.2, 0.25) is 0 Å². The van der Waals surface area contributed by atoms with E-state index in [1.165, 1.54) is 5.56 Å². The lowest BCUT2D eigenvalue weighted by Crippen LogP contribution is -2.58. The lowest BCUT2D eigenvalue weighted by atomic mass is 10.0. The van der Waals surface area contributed by atoms with E-state index >= 15 is 0 Å². The molecule has 17 heavy (non-hydrogen) atoms. The predicted molar refractivity (Wildman–Crippen MR) is 69.9 cm³/mol. The van der Waals surface area contributed by atoms with Gasteiger partial charge < -0.3 is 10.1 Å². The first-order chi connectivity index (χ1) is 8.37. The second kappa shape index (κ2) is 6.15. The molecule has 2 rings (SSSR count). The van der Waals surface area contributed by atoms with Crippen LogP contribution in [0, 0.1) is 0 Å². The minimum atomic E-state index is -0.339. The molecule has 0 saturated carbocycles. The predicted octanol–water partition coefficient (Wildman–Crippen LogP) is 1.85. The molecular formula is C14H22N2O. The number of benzene rings is 1. The van der Waals surface area contributed by atoms with Gasteiger partial charge in [-0.1, -0.05) is 43.7 Å². The van der Waals surface area contributed by atoms with Crippen molar-refractivity contribution in [3.8, 4) is 0 Å². The van der Waals surface area contributed by atoms with Gasteiger partial charge in [0.05, 0.1) is 0 Å². The topological polar surface area (TPSA) is 33.3 Å². The summed E-state index contributed by atoms with van der Waals surface area (Å²) in [5, 5.41) is 6.94. The summed E-state index contributed by atoms with van der Waals surface area (Å²) in [7, 11) is 0. The highest BCUT2D eigenvalue weighted by molar-refractivity contribution is 5.23. The van der Waals surface area contributed by atoms with Gasteiger partial charge in [-0.25, -0.2) is 0 Å². The maximum atomic E-state index is 6.12. The summed E-state index contributed by atoms with van der Waals surface area (Å²) in [6.07, 6.45) is 2.27. The smallest absolute Gasteiger partial charge is 0.157 e. The van der Waals surface area contributed by atoms with Crippen LogP contribution in [-0.4, -0.2) is 26.2 Å². The molecule has 1 unspecified atom stereocenters. The molecule has 1 saturated heterocycles. The van der Waals surface area contributed by atoms with Gasteiger partial charge in [-0.3, -0.25) is 5.32 Å². The Hall–Kier alpha value is -0.900. The lowest BCUT2D eigenvalue weighted by molar-refractivity contribution is -0.0851. The number of hydrogen-bond donors (Lipinski definition) is 2. The molecule has 0 aliphatic carbocycles. The number of unbranched alkanes of at least 4 members (excludes halogenated alkanes) is 1. The first kappa shape index (κ1) is 12.6. The Labute approximate surface area is 104 Å². The molecule has 0 spiro atoms. The van der Waals surface area contributed by atoms with Gasteiger partial charge in [-0.05, 0) is 12.0 Å². The Kier molecular flexibility index (Phi) is 4.54. The fourth-order valence-electron chi connectivity index (χ4n) is 2.17. The van der Waals surface area contributed by atoms with Crippen LogP contribution in [0.25, 0.3) is 0 Å². The number of piperazine rings is 1. The van der Waals surface area contributed by atoms with Crippen molar-refractivity contribution < 1.29 is 4.74 Å². The quantitative estimate of drug-likeness (QED) is 0.763. The van der Waals surface area contributed by atoms with E-state index in [0.29, 0.717) is 0 Å². The molecule has 3 heteroatoms. The monoisotopic (exact) mass is 234 g/mol. The molecule has 1 aliphatic rings. The second-order valence-electron chi connectivity index (χ2n) is 4.50. The van der Waals surface area contributed by atoms with E-state index in [2.05, 4.69) is 41.8 Å². The normalized spacial score (nSPS) is 24.8. The summed E-state index contributed by atoms with van der Waals surface area (Å²) in [4.78, 5) is 0. The zero-order valence-corrected chi connectivity index (χ0v) is 10.5. The van der Waals surface area contributed by atoms with Crippen LogP contribution in [0.5, 0.6) is 0 Å². The van der Waals surface area contributed by atoms with Crippen LogP contribution < -0.4 is 10.6 Å². The molecule has 0 aromatic heterocycles. The van der Waals surface area contributed by atoms with Crippen molar-refractivity contribution in [3.63, 3.8) is 0 Å². The standard InChI is InChI=1S/C14H22N2O/c1-2-3-11-17-14(12-15-9-10-16-14)13-7-5-4-6-8-13/h4-8,15-16H,2-3,9-12H2,1H3. The number of rotatable bonds is 5. The number of nitrogens with one attached hydrogen (secondary N) is 2. The summed E-state index contributed by atoms with van der Waals surface area (Å²) in [6, 6.07) is 10.4. The van der Waals surface area contributed by atoms with E-state index in [1.807, 2.05) is 6.07 Å². The Bertz CT molecular complexity index is 320. The summed E-state index contributed by atoms with van der Waals surface area (Å²) < 4.78 is 6.12. The summed E-state index contributed by atoms with van der Waals surface area (Å²) >= 11 is 0. The third-order valence-corrected chi connectivity index (χ3v) is 3.17. The van der Waals surface area contributed by atoms with Crippen molar-refractivity contribution in [1.29, 1.82) is 0 Å². The molecule has 0 amide bonds. The van der Waals surface area contributed by atoms with Crippen LogP contribution in [0.3, 0.4) is 0 Å². The molecule has 94 valence electrons. The molecule has 1 atom stereocenters. The van der Waals surface area contributed by atoms with Gasteiger partial charge in [-0.15, -0.1) is 0 Å². The Balaban J connectivity index is 2.11. The first-order valence-electron chi connectivity index (χ1n) is 6.52. The molecule has 1 aromatic rings. The molecule has 0 radical (unpaired) electrons. The molecule has 0 bridgehead atoms. The highest BCUT2D eigenvalue weighted by atomic mass is 16.5. The first-order valence-corrected chi connectivity index (χ1v) is 6.52. The van der Waals surface area contributed by atoms with Crippen molar-refractivity contribution in [2.24, 2.45) is 0 Å². The van der Waals surface area contributed by atoms with Crippen molar-refractivity contribution in [2.75, 3.05) is 26.2 Å². The summed E-state index contributed by atoms with van der Waals surface area (Å²) in [5.74, 6) is 0. The van der Waals surface area contributed by atoms with Crippen LogP contribution in [-0.2, 0) is 10.5 Å². The van der Waals surface area contributed by atoms with Gasteiger partial charge in [-0.2, -0.15) is 0 Å². The maximum Gasteiger partial charge on any atom is 0.157 e. The molecule has 1 fully saturated rings. The van der Waals surface area contributed by atoms with E-state index in [-0.39, 0.29) is 5.72 Å². The molecule has 1 aliphatic heterocycles. The van der Waals surface area contributed by atoms with Crippen LogP contribution >= 0.6 is 0 Å². The Morgan fingerprint density at radius 2 is 2.06 bits per heavy atom. The highest BCUT2D eigenvalue weighted by Gasteiger charge is 2.34. The van der Waals surface area contributed by atoms with Gasteiger partial charge >= 0.3 is 0 Å². The fourth-order valence-corrected chi connectivity index (χ4v) is 2.17. The largest absolute Gasteiger partial charge is 0.355 e. The Morgan fingerprint density at radius 1 is 1.24 bits per heavy atom. The maximum absolute atomic E-state index is 6.12. The van der Waals surface area contributed by atoms with Crippen molar-refractivity contribution in [1.82, 2.24) is 10.6 Å². The van der Waals surface area contributed by atoms with E-state index in [4.69, 9.17) is 4.74 Å². The highest BCUT2D eigenvalue weighted by Crippen LogP contribution is 2.23. The van der Waals surface area contributed by atoms with Crippen molar-refractivity contribution >= 4 is 0 Å². The van der Waals surface area contributed by atoms with E-state index in [9.17, 15) is 0 Å².